The highest BCUT2D eigenvalue weighted by Crippen LogP contribution is 2.53. The highest BCUT2D eigenvalue weighted by molar-refractivity contribution is 5.51. The topological polar surface area (TPSA) is 49.8 Å². The number of hydrogen-bond donors (Lipinski definition) is 1. The molecular weight excluding hydrogens is 170 g/mol. The van der Waals surface area contributed by atoms with Crippen LogP contribution in [0.3, 0.4) is 0 Å². The first-order chi connectivity index (χ1) is 5.59. The summed E-state index contributed by atoms with van der Waals surface area (Å²) in [5.41, 5.74) is 0. The first-order valence-corrected chi connectivity index (χ1v) is 3.74. The van der Waals surface area contributed by atoms with Crippen molar-refractivity contribution in [1.29, 1.82) is 0 Å². The Morgan fingerprint density at radius 3 is 2.67 bits per heavy atom. The van der Waals surface area contributed by atoms with Crippen LogP contribution in [0.5, 0.6) is 0 Å². The molecule has 1 saturated carbocycles. The minimum absolute atomic E-state index is 0.0576. The van der Waals surface area contributed by atoms with Crippen molar-refractivity contribution in [2.24, 2.45) is 5.92 Å². The van der Waals surface area contributed by atoms with Crippen molar-refractivity contribution >= 4 is 6.29 Å². The molecule has 0 spiro atoms. The second-order valence-corrected chi connectivity index (χ2v) is 3.21. The summed E-state index contributed by atoms with van der Waals surface area (Å²) in [6, 6.07) is 0. The summed E-state index contributed by atoms with van der Waals surface area (Å²) >= 11 is 0. The predicted molar refractivity (Wildman–Crippen MR) is 33.8 cm³/mol. The van der Waals surface area contributed by atoms with Gasteiger partial charge in [-0.15, -0.1) is 0 Å². The lowest BCUT2D eigenvalue weighted by Crippen LogP contribution is -2.38. The first kappa shape index (κ1) is 8.07. The normalized spacial score (nSPS) is 48.6. The van der Waals surface area contributed by atoms with E-state index in [0.29, 0.717) is 6.29 Å². The highest BCUT2D eigenvalue weighted by atomic mass is 19.3. The van der Waals surface area contributed by atoms with Crippen molar-refractivity contribution in [2.75, 3.05) is 0 Å². The maximum Gasteiger partial charge on any atom is 0.301 e. The number of halogens is 2. The van der Waals surface area contributed by atoms with E-state index in [1.165, 1.54) is 0 Å². The molecular formula is C7H8F2O3. The van der Waals surface area contributed by atoms with Gasteiger partial charge in [-0.3, -0.25) is 0 Å². The SMILES string of the molecule is O=CC[C@H]1[C@@H]2O[C@@H]2C(F)(F)[C@@H]1O. The number of aldehydes is 1. The second kappa shape index (κ2) is 2.23. The van der Waals surface area contributed by atoms with Gasteiger partial charge in [0.05, 0.1) is 6.10 Å². The molecule has 0 bridgehead atoms. The molecule has 0 radical (unpaired) electrons. The molecule has 1 N–H and O–H groups in total. The number of carbonyl (C=O) groups excluding carboxylic acids is 1. The van der Waals surface area contributed by atoms with Gasteiger partial charge in [0.15, 0.2) is 6.10 Å². The molecule has 1 saturated heterocycles. The van der Waals surface area contributed by atoms with E-state index in [9.17, 15) is 13.6 Å². The average molecular weight is 178 g/mol. The fraction of sp³-hybridized carbons (Fsp3) is 0.857. The lowest BCUT2D eigenvalue weighted by atomic mass is 10.0. The summed E-state index contributed by atoms with van der Waals surface area (Å²) in [6.45, 7) is 0. The fourth-order valence-electron chi connectivity index (χ4n) is 1.77. The van der Waals surface area contributed by atoms with E-state index in [4.69, 9.17) is 5.11 Å². The average Bonchev–Trinajstić information content (AvgIpc) is 2.74. The summed E-state index contributed by atoms with van der Waals surface area (Å²) in [5.74, 6) is -3.89. The predicted octanol–water partition coefficient (Wildman–Crippen LogP) is -0.0312. The minimum atomic E-state index is -3.17. The third-order valence-electron chi connectivity index (χ3n) is 2.50. The van der Waals surface area contributed by atoms with Crippen LogP contribution >= 0.6 is 0 Å². The van der Waals surface area contributed by atoms with Crippen LogP contribution < -0.4 is 0 Å². The number of epoxide rings is 1. The van der Waals surface area contributed by atoms with Gasteiger partial charge in [0.25, 0.3) is 0 Å². The third kappa shape index (κ3) is 0.834. The van der Waals surface area contributed by atoms with Gasteiger partial charge < -0.3 is 14.6 Å². The summed E-state index contributed by atoms with van der Waals surface area (Å²) in [5, 5.41) is 9.06. The molecule has 1 heterocycles. The lowest BCUT2D eigenvalue weighted by Gasteiger charge is -2.20. The Labute approximate surface area is 67.3 Å². The van der Waals surface area contributed by atoms with Crippen molar-refractivity contribution in [3.05, 3.63) is 0 Å². The van der Waals surface area contributed by atoms with Gasteiger partial charge in [0.2, 0.25) is 0 Å². The zero-order valence-corrected chi connectivity index (χ0v) is 6.11. The number of ether oxygens (including phenoxy) is 1. The minimum Gasteiger partial charge on any atom is -0.386 e. The van der Waals surface area contributed by atoms with E-state index in [2.05, 4.69) is 4.74 Å². The largest absolute Gasteiger partial charge is 0.386 e. The van der Waals surface area contributed by atoms with Crippen LogP contribution in [0.1, 0.15) is 6.42 Å². The van der Waals surface area contributed by atoms with Crippen LogP contribution in [0.15, 0.2) is 0 Å². The first-order valence-electron chi connectivity index (χ1n) is 3.74. The molecule has 68 valence electrons. The van der Waals surface area contributed by atoms with Gasteiger partial charge in [0, 0.05) is 12.3 Å². The van der Waals surface area contributed by atoms with Crippen molar-refractivity contribution in [2.45, 2.75) is 30.7 Å². The molecule has 0 aromatic rings. The van der Waals surface area contributed by atoms with Gasteiger partial charge in [-0.2, -0.15) is 0 Å². The Morgan fingerprint density at radius 1 is 1.58 bits per heavy atom. The van der Waals surface area contributed by atoms with E-state index in [-0.39, 0.29) is 6.42 Å². The van der Waals surface area contributed by atoms with E-state index in [0.717, 1.165) is 0 Å². The molecule has 12 heavy (non-hydrogen) atoms. The van der Waals surface area contributed by atoms with Crippen LogP contribution in [0.2, 0.25) is 0 Å². The summed E-state index contributed by atoms with van der Waals surface area (Å²) in [4.78, 5) is 10.1. The van der Waals surface area contributed by atoms with Gasteiger partial charge in [-0.05, 0) is 0 Å². The van der Waals surface area contributed by atoms with Crippen molar-refractivity contribution in [3.8, 4) is 0 Å². The van der Waals surface area contributed by atoms with Crippen LogP contribution in [0.25, 0.3) is 0 Å². The summed E-state index contributed by atoms with van der Waals surface area (Å²) < 4.78 is 30.3. The van der Waals surface area contributed by atoms with Gasteiger partial charge in [-0.25, -0.2) is 8.78 Å². The van der Waals surface area contributed by atoms with Crippen LogP contribution in [-0.4, -0.2) is 35.6 Å². The molecule has 0 aromatic carbocycles. The maximum atomic E-state index is 12.9. The van der Waals surface area contributed by atoms with Gasteiger partial charge in [-0.1, -0.05) is 0 Å². The van der Waals surface area contributed by atoms with Gasteiger partial charge in [0.1, 0.15) is 12.4 Å². The monoisotopic (exact) mass is 178 g/mol. The Bertz CT molecular complexity index is 219. The van der Waals surface area contributed by atoms with E-state index >= 15 is 0 Å². The molecule has 2 rings (SSSR count). The van der Waals surface area contributed by atoms with Crippen molar-refractivity contribution in [1.82, 2.24) is 0 Å². The molecule has 2 fully saturated rings. The standard InChI is InChI=1S/C7H8F2O3/c8-7(9)5(11)3(1-2-10)4-6(7)12-4/h2-6,11H,1H2/t3-,4-,5+,6-/m0/s1. The zero-order valence-electron chi connectivity index (χ0n) is 6.11. The summed E-state index contributed by atoms with van der Waals surface area (Å²) in [6.07, 6.45) is -3.00. The number of aliphatic hydroxyl groups is 1. The van der Waals surface area contributed by atoms with Gasteiger partial charge >= 0.3 is 5.92 Å². The molecule has 3 nitrogen and oxygen atoms in total. The number of alkyl halides is 2. The Balaban J connectivity index is 2.14. The second-order valence-electron chi connectivity index (χ2n) is 3.21. The number of rotatable bonds is 2. The Kier molecular flexibility index (Phi) is 1.50. The summed E-state index contributed by atoms with van der Waals surface area (Å²) in [7, 11) is 0. The molecule has 5 heteroatoms. The quantitative estimate of drug-likeness (QED) is 0.477. The molecule has 1 aliphatic carbocycles. The molecule has 4 atom stereocenters. The molecule has 0 amide bonds. The van der Waals surface area contributed by atoms with E-state index < -0.39 is 30.2 Å². The zero-order chi connectivity index (χ0) is 8.93. The van der Waals surface area contributed by atoms with E-state index in [1.54, 1.807) is 0 Å². The Morgan fingerprint density at radius 2 is 2.25 bits per heavy atom. The fourth-order valence-corrected chi connectivity index (χ4v) is 1.77. The lowest BCUT2D eigenvalue weighted by molar-refractivity contribution is -0.141. The number of carbonyl (C=O) groups is 1. The van der Waals surface area contributed by atoms with Crippen LogP contribution in [0.4, 0.5) is 8.78 Å². The van der Waals surface area contributed by atoms with Crippen LogP contribution in [-0.2, 0) is 9.53 Å². The van der Waals surface area contributed by atoms with Crippen LogP contribution in [0, 0.1) is 5.92 Å². The number of fused-ring (bicyclic) bond motifs is 1. The van der Waals surface area contributed by atoms with E-state index in [1.807, 2.05) is 0 Å². The molecule has 2 aliphatic rings. The number of hydrogen-bond acceptors (Lipinski definition) is 3. The van der Waals surface area contributed by atoms with Crippen molar-refractivity contribution in [3.63, 3.8) is 0 Å². The molecule has 1 aliphatic heterocycles. The highest BCUT2D eigenvalue weighted by Gasteiger charge is 2.72. The molecule has 0 unspecified atom stereocenters. The number of aliphatic hydroxyl groups excluding tert-OH is 1. The maximum absolute atomic E-state index is 12.9. The third-order valence-corrected chi connectivity index (χ3v) is 2.50. The Hall–Kier alpha value is -0.550. The smallest absolute Gasteiger partial charge is 0.301 e. The van der Waals surface area contributed by atoms with Crippen molar-refractivity contribution < 1.29 is 23.4 Å². The molecule has 0 aromatic heterocycles.